The number of carbonyl (C=O) groups is 2. The first kappa shape index (κ1) is 33.2. The SMILES string of the molecule is CCCNC(=O)[C@@H](Cc1ccccc1)N(Cc1ccc(Cl)c(Cl)c1)C(=O)CCCN(c1cccc(OC)c1)S(C)(=O)=O. The molecule has 3 rings (SSSR count). The van der Waals surface area contributed by atoms with Crippen molar-refractivity contribution in [3.63, 3.8) is 0 Å². The van der Waals surface area contributed by atoms with Crippen LogP contribution in [0.5, 0.6) is 5.75 Å². The quantitative estimate of drug-likeness (QED) is 0.231. The lowest BCUT2D eigenvalue weighted by molar-refractivity contribution is -0.141. The molecular weight excluding hydrogens is 597 g/mol. The first-order valence-corrected chi connectivity index (χ1v) is 16.3. The van der Waals surface area contributed by atoms with Gasteiger partial charge in [0.2, 0.25) is 21.8 Å². The third kappa shape index (κ3) is 9.64. The van der Waals surface area contributed by atoms with Crippen LogP contribution in [0.1, 0.15) is 37.3 Å². The lowest BCUT2D eigenvalue weighted by Crippen LogP contribution is -2.50. The number of hydrogen-bond donors (Lipinski definition) is 1. The minimum Gasteiger partial charge on any atom is -0.497 e. The number of carbonyl (C=O) groups excluding carboxylic acids is 2. The molecule has 0 saturated carbocycles. The zero-order chi connectivity index (χ0) is 30.7. The van der Waals surface area contributed by atoms with E-state index in [1.807, 2.05) is 37.3 Å². The van der Waals surface area contributed by atoms with Crippen LogP contribution in [-0.4, -0.2) is 57.6 Å². The van der Waals surface area contributed by atoms with Crippen molar-refractivity contribution in [3.8, 4) is 5.75 Å². The zero-order valence-corrected chi connectivity index (χ0v) is 26.4. The van der Waals surface area contributed by atoms with E-state index in [1.54, 1.807) is 47.4 Å². The normalized spacial score (nSPS) is 11.9. The second-order valence-corrected chi connectivity index (χ2v) is 12.6. The molecule has 42 heavy (non-hydrogen) atoms. The number of sulfonamides is 1. The van der Waals surface area contributed by atoms with Gasteiger partial charge in [-0.05, 0) is 48.2 Å². The fourth-order valence-electron chi connectivity index (χ4n) is 4.52. The Balaban J connectivity index is 1.89. The highest BCUT2D eigenvalue weighted by atomic mass is 35.5. The van der Waals surface area contributed by atoms with Gasteiger partial charge in [-0.2, -0.15) is 0 Å². The number of amides is 2. The molecule has 0 saturated heterocycles. The van der Waals surface area contributed by atoms with E-state index in [9.17, 15) is 18.0 Å². The lowest BCUT2D eigenvalue weighted by Gasteiger charge is -2.32. The van der Waals surface area contributed by atoms with E-state index >= 15 is 0 Å². The molecule has 8 nitrogen and oxygen atoms in total. The summed E-state index contributed by atoms with van der Waals surface area (Å²) in [5.74, 6) is -0.0251. The highest BCUT2D eigenvalue weighted by molar-refractivity contribution is 7.92. The maximum atomic E-state index is 13.9. The van der Waals surface area contributed by atoms with E-state index in [0.717, 1.165) is 18.2 Å². The molecule has 2 amide bonds. The first-order chi connectivity index (χ1) is 20.0. The molecule has 0 spiro atoms. The van der Waals surface area contributed by atoms with E-state index in [-0.39, 0.29) is 37.7 Å². The van der Waals surface area contributed by atoms with E-state index in [1.165, 1.54) is 11.4 Å². The molecule has 3 aromatic rings. The van der Waals surface area contributed by atoms with Gasteiger partial charge in [-0.25, -0.2) is 8.42 Å². The zero-order valence-electron chi connectivity index (χ0n) is 24.1. The number of nitrogens with zero attached hydrogens (tertiary/aromatic N) is 2. The Labute approximate surface area is 258 Å². The van der Waals surface area contributed by atoms with Crippen molar-refractivity contribution in [3.05, 3.63) is 94.0 Å². The molecule has 3 aromatic carbocycles. The third-order valence-electron chi connectivity index (χ3n) is 6.65. The molecule has 0 unspecified atom stereocenters. The summed E-state index contributed by atoms with van der Waals surface area (Å²) in [6.07, 6.45) is 2.43. The summed E-state index contributed by atoms with van der Waals surface area (Å²) in [7, 11) is -2.13. The van der Waals surface area contributed by atoms with Crippen molar-refractivity contribution in [2.45, 2.75) is 45.2 Å². The Morgan fingerprint density at radius 1 is 0.952 bits per heavy atom. The summed E-state index contributed by atoms with van der Waals surface area (Å²) in [5.41, 5.74) is 2.06. The Morgan fingerprint density at radius 2 is 1.69 bits per heavy atom. The molecule has 0 heterocycles. The van der Waals surface area contributed by atoms with E-state index in [4.69, 9.17) is 27.9 Å². The molecule has 0 aliphatic rings. The molecule has 0 aliphatic heterocycles. The fraction of sp³-hybridized carbons (Fsp3) is 0.355. The standard InChI is InChI=1S/C31H37Cl2N3O5S/c1-4-17-34-31(38)29(20-23-10-6-5-7-11-23)35(22-24-15-16-27(32)28(33)19-24)30(37)14-9-18-36(42(3,39)40)25-12-8-13-26(21-25)41-2/h5-8,10-13,15-16,19,21,29H,4,9,14,17-18,20,22H2,1-3H3,(H,34,38)/t29-/m1/s1. The van der Waals surface area contributed by atoms with Gasteiger partial charge in [0, 0.05) is 38.5 Å². The van der Waals surface area contributed by atoms with Crippen LogP contribution in [0.15, 0.2) is 72.8 Å². The molecule has 0 fully saturated rings. The van der Waals surface area contributed by atoms with Crippen LogP contribution in [0, 0.1) is 0 Å². The predicted octanol–water partition coefficient (Wildman–Crippen LogP) is 5.71. The number of anilines is 1. The van der Waals surface area contributed by atoms with Gasteiger partial charge in [0.1, 0.15) is 11.8 Å². The van der Waals surface area contributed by atoms with E-state index in [2.05, 4.69) is 5.32 Å². The van der Waals surface area contributed by atoms with Crippen LogP contribution in [0.4, 0.5) is 5.69 Å². The van der Waals surface area contributed by atoms with Crippen molar-refractivity contribution in [2.75, 3.05) is 30.8 Å². The second kappa shape index (κ2) is 15.8. The third-order valence-corrected chi connectivity index (χ3v) is 8.58. The Bertz CT molecular complexity index is 1450. The topological polar surface area (TPSA) is 96.0 Å². The van der Waals surface area contributed by atoms with Crippen LogP contribution in [0.25, 0.3) is 0 Å². The summed E-state index contributed by atoms with van der Waals surface area (Å²) in [6.45, 7) is 2.63. The molecule has 11 heteroatoms. The summed E-state index contributed by atoms with van der Waals surface area (Å²) < 4.78 is 31.8. The highest BCUT2D eigenvalue weighted by Gasteiger charge is 2.30. The molecule has 1 N–H and O–H groups in total. The summed E-state index contributed by atoms with van der Waals surface area (Å²) in [5, 5.41) is 3.67. The number of hydrogen-bond acceptors (Lipinski definition) is 5. The average Bonchev–Trinajstić information content (AvgIpc) is 2.97. The highest BCUT2D eigenvalue weighted by Crippen LogP contribution is 2.26. The number of halogens is 2. The summed E-state index contributed by atoms with van der Waals surface area (Å²) in [4.78, 5) is 28.9. The Morgan fingerprint density at radius 3 is 2.33 bits per heavy atom. The van der Waals surface area contributed by atoms with Crippen LogP contribution in [0.2, 0.25) is 10.0 Å². The molecule has 0 bridgehead atoms. The van der Waals surface area contributed by atoms with E-state index < -0.39 is 16.1 Å². The van der Waals surface area contributed by atoms with Gasteiger partial charge in [-0.1, -0.05) is 72.6 Å². The van der Waals surface area contributed by atoms with Crippen molar-refractivity contribution >= 4 is 50.7 Å². The van der Waals surface area contributed by atoms with Crippen molar-refractivity contribution in [1.82, 2.24) is 10.2 Å². The fourth-order valence-corrected chi connectivity index (χ4v) is 5.80. The first-order valence-electron chi connectivity index (χ1n) is 13.7. The van der Waals surface area contributed by atoms with Gasteiger partial charge in [-0.3, -0.25) is 13.9 Å². The summed E-state index contributed by atoms with van der Waals surface area (Å²) >= 11 is 12.4. The second-order valence-electron chi connectivity index (χ2n) is 9.91. The van der Waals surface area contributed by atoms with Gasteiger partial charge >= 0.3 is 0 Å². The minimum atomic E-state index is -3.64. The summed E-state index contributed by atoms with van der Waals surface area (Å²) in [6, 6.07) is 20.6. The smallest absolute Gasteiger partial charge is 0.243 e. The van der Waals surface area contributed by atoms with Crippen molar-refractivity contribution in [1.29, 1.82) is 0 Å². The molecule has 1 atom stereocenters. The van der Waals surface area contributed by atoms with Crippen LogP contribution in [0.3, 0.4) is 0 Å². The number of ether oxygens (including phenoxy) is 1. The van der Waals surface area contributed by atoms with Gasteiger partial charge in [0.05, 0.1) is 29.1 Å². The number of methoxy groups -OCH3 is 1. The van der Waals surface area contributed by atoms with Gasteiger partial charge < -0.3 is 15.0 Å². The maximum Gasteiger partial charge on any atom is 0.243 e. The number of rotatable bonds is 15. The van der Waals surface area contributed by atoms with Gasteiger partial charge in [0.15, 0.2) is 0 Å². The number of nitrogens with one attached hydrogen (secondary N) is 1. The van der Waals surface area contributed by atoms with Crippen LogP contribution in [-0.2, 0) is 32.6 Å². The van der Waals surface area contributed by atoms with Crippen LogP contribution >= 0.6 is 23.2 Å². The van der Waals surface area contributed by atoms with Crippen molar-refractivity contribution in [2.24, 2.45) is 0 Å². The molecule has 0 radical (unpaired) electrons. The van der Waals surface area contributed by atoms with Gasteiger partial charge in [0.25, 0.3) is 0 Å². The Kier molecular flexibility index (Phi) is 12.5. The maximum absolute atomic E-state index is 13.9. The minimum absolute atomic E-state index is 0.0175. The number of benzene rings is 3. The predicted molar refractivity (Wildman–Crippen MR) is 169 cm³/mol. The lowest BCUT2D eigenvalue weighted by atomic mass is 10.0. The molecule has 0 aliphatic carbocycles. The monoisotopic (exact) mass is 633 g/mol. The van der Waals surface area contributed by atoms with Gasteiger partial charge in [-0.15, -0.1) is 0 Å². The van der Waals surface area contributed by atoms with E-state index in [0.29, 0.717) is 40.0 Å². The molecule has 0 aromatic heterocycles. The molecule has 226 valence electrons. The molecular formula is C31H37Cl2N3O5S. The average molecular weight is 635 g/mol. The van der Waals surface area contributed by atoms with Crippen LogP contribution < -0.4 is 14.4 Å². The van der Waals surface area contributed by atoms with Crippen molar-refractivity contribution < 1.29 is 22.7 Å². The Hall–Kier alpha value is -3.27. The largest absolute Gasteiger partial charge is 0.497 e.